The fourth-order valence-electron chi connectivity index (χ4n) is 3.42. The van der Waals surface area contributed by atoms with Gasteiger partial charge in [-0.05, 0) is 26.7 Å². The van der Waals surface area contributed by atoms with Gasteiger partial charge in [-0.1, -0.05) is 11.8 Å². The van der Waals surface area contributed by atoms with Gasteiger partial charge in [0.25, 0.3) is 5.56 Å². The van der Waals surface area contributed by atoms with Gasteiger partial charge in [0.15, 0.2) is 10.3 Å². The lowest BCUT2D eigenvalue weighted by Gasteiger charge is -2.23. The van der Waals surface area contributed by atoms with Crippen LogP contribution in [0.4, 0.5) is 5.13 Å². The van der Waals surface area contributed by atoms with E-state index in [1.165, 1.54) is 23.1 Å². The van der Waals surface area contributed by atoms with Gasteiger partial charge in [-0.2, -0.15) is 0 Å². The lowest BCUT2D eigenvalue weighted by molar-refractivity contribution is -0.145. The highest BCUT2D eigenvalue weighted by Gasteiger charge is 2.34. The van der Waals surface area contributed by atoms with E-state index in [1.807, 2.05) is 0 Å². The van der Waals surface area contributed by atoms with Gasteiger partial charge in [-0.15, -0.1) is 11.3 Å². The monoisotopic (exact) mass is 420 g/mol. The third kappa shape index (κ3) is 3.46. The number of anilines is 1. The molecule has 0 unspecified atom stereocenters. The van der Waals surface area contributed by atoms with Crippen LogP contribution in [0.3, 0.4) is 0 Å². The summed E-state index contributed by atoms with van der Waals surface area (Å²) in [6, 6.07) is 0. The molecular formula is C18H20N4O4S2. The zero-order valence-electron chi connectivity index (χ0n) is 15.6. The van der Waals surface area contributed by atoms with Crippen molar-refractivity contribution < 1.29 is 14.3 Å². The van der Waals surface area contributed by atoms with Gasteiger partial charge >= 0.3 is 5.97 Å². The van der Waals surface area contributed by atoms with Crippen molar-refractivity contribution >= 4 is 40.1 Å². The van der Waals surface area contributed by atoms with Crippen LogP contribution in [0.15, 0.2) is 16.1 Å². The number of rotatable bonds is 4. The average Bonchev–Trinajstić information content (AvgIpc) is 3.24. The average molecular weight is 421 g/mol. The summed E-state index contributed by atoms with van der Waals surface area (Å²) in [6.45, 7) is 4.14. The van der Waals surface area contributed by atoms with Crippen molar-refractivity contribution in [2.75, 3.05) is 17.7 Å². The Bertz CT molecular complexity index is 1000. The maximum absolute atomic E-state index is 12.7. The van der Waals surface area contributed by atoms with Crippen molar-refractivity contribution in [3.05, 3.63) is 32.7 Å². The maximum atomic E-state index is 12.7. The number of amides is 1. The summed E-state index contributed by atoms with van der Waals surface area (Å²) in [5.41, 5.74) is 1.17. The molecule has 0 spiro atoms. The predicted octanol–water partition coefficient (Wildman–Crippen LogP) is 1.96. The first-order chi connectivity index (χ1) is 13.5. The highest BCUT2D eigenvalue weighted by Crippen LogP contribution is 2.39. The summed E-state index contributed by atoms with van der Waals surface area (Å²) >= 11 is 2.81. The second-order valence-corrected chi connectivity index (χ2v) is 8.88. The van der Waals surface area contributed by atoms with Crippen molar-refractivity contribution in [2.45, 2.75) is 44.3 Å². The number of carbonyl (C=O) groups excluding carboxylic acids is 2. The third-order valence-corrected chi connectivity index (χ3v) is 7.09. The first-order valence-electron chi connectivity index (χ1n) is 9.14. The Kier molecular flexibility index (Phi) is 5.24. The number of thioether (sulfide) groups is 1. The molecule has 0 fully saturated rings. The van der Waals surface area contributed by atoms with E-state index in [9.17, 15) is 14.4 Å². The van der Waals surface area contributed by atoms with Crippen LogP contribution in [-0.4, -0.2) is 38.8 Å². The SMILES string of the molecule is CCOC(=O)[C@@H]1CCc2sc(NC(=O)[C@@H]3CSc4ncc(C)c(=O)n4C3)nc21. The molecule has 10 heteroatoms. The molecule has 1 aliphatic carbocycles. The summed E-state index contributed by atoms with van der Waals surface area (Å²) in [5, 5.41) is 4.00. The lowest BCUT2D eigenvalue weighted by atomic mass is 10.1. The van der Waals surface area contributed by atoms with Crippen molar-refractivity contribution in [3.8, 4) is 0 Å². The molecule has 0 radical (unpaired) electrons. The Labute approximate surface area is 169 Å². The number of thiazole rings is 1. The number of aryl methyl sites for hydroxylation is 2. The fraction of sp³-hybridized carbons (Fsp3) is 0.500. The molecule has 2 atom stereocenters. The fourth-order valence-corrected chi connectivity index (χ4v) is 5.51. The normalized spacial score (nSPS) is 20.4. The third-order valence-electron chi connectivity index (χ3n) is 4.89. The molecule has 0 saturated heterocycles. The number of nitrogens with zero attached hydrogens (tertiary/aromatic N) is 3. The van der Waals surface area contributed by atoms with Crippen molar-refractivity contribution in [2.24, 2.45) is 5.92 Å². The van der Waals surface area contributed by atoms with E-state index < -0.39 is 0 Å². The van der Waals surface area contributed by atoms with Gasteiger partial charge < -0.3 is 10.1 Å². The van der Waals surface area contributed by atoms with Gasteiger partial charge in [0.1, 0.15) is 5.92 Å². The van der Waals surface area contributed by atoms with E-state index in [0.29, 0.717) is 41.2 Å². The molecule has 3 heterocycles. The van der Waals surface area contributed by atoms with Crippen LogP contribution in [-0.2, 0) is 27.3 Å². The molecule has 0 bridgehead atoms. The van der Waals surface area contributed by atoms with Gasteiger partial charge in [-0.25, -0.2) is 9.97 Å². The smallest absolute Gasteiger partial charge is 0.315 e. The van der Waals surface area contributed by atoms with E-state index in [-0.39, 0.29) is 29.3 Å². The zero-order chi connectivity index (χ0) is 19.8. The highest BCUT2D eigenvalue weighted by molar-refractivity contribution is 7.99. The maximum Gasteiger partial charge on any atom is 0.315 e. The number of ether oxygens (including phenoxy) is 1. The van der Waals surface area contributed by atoms with Gasteiger partial charge in [0.2, 0.25) is 5.91 Å². The van der Waals surface area contributed by atoms with Crippen LogP contribution < -0.4 is 10.9 Å². The minimum atomic E-state index is -0.349. The van der Waals surface area contributed by atoms with Gasteiger partial charge in [-0.3, -0.25) is 19.0 Å². The number of esters is 1. The summed E-state index contributed by atoms with van der Waals surface area (Å²) < 4.78 is 6.68. The van der Waals surface area contributed by atoms with E-state index in [0.717, 1.165) is 17.0 Å². The second kappa shape index (κ2) is 7.67. The number of aromatic nitrogens is 3. The topological polar surface area (TPSA) is 103 Å². The predicted molar refractivity (Wildman–Crippen MR) is 106 cm³/mol. The largest absolute Gasteiger partial charge is 0.465 e. The molecule has 148 valence electrons. The quantitative estimate of drug-likeness (QED) is 0.596. The molecule has 0 saturated carbocycles. The molecule has 28 heavy (non-hydrogen) atoms. The van der Waals surface area contributed by atoms with Crippen molar-refractivity contribution in [3.63, 3.8) is 0 Å². The Balaban J connectivity index is 1.47. The number of nitrogens with one attached hydrogen (secondary N) is 1. The summed E-state index contributed by atoms with van der Waals surface area (Å²) in [5.74, 6) is -0.573. The first kappa shape index (κ1) is 19.1. The van der Waals surface area contributed by atoms with Crippen LogP contribution in [0.5, 0.6) is 0 Å². The number of hydrogen-bond donors (Lipinski definition) is 1. The van der Waals surface area contributed by atoms with Crippen LogP contribution >= 0.6 is 23.1 Å². The summed E-state index contributed by atoms with van der Waals surface area (Å²) in [4.78, 5) is 46.9. The standard InChI is InChI=1S/C18H20N4O4S2/c1-3-26-16(25)11-4-5-12-13(11)20-17(28-12)21-14(23)10-7-22-15(24)9(2)6-19-18(22)27-8-10/h6,10-11H,3-5,7-8H2,1-2H3,(H,20,21,23)/t10-,11+/m0/s1. The van der Waals surface area contributed by atoms with Gasteiger partial charge in [0.05, 0.1) is 18.2 Å². The van der Waals surface area contributed by atoms with E-state index >= 15 is 0 Å². The minimum Gasteiger partial charge on any atom is -0.465 e. The minimum absolute atomic E-state index is 0.111. The zero-order valence-corrected chi connectivity index (χ0v) is 17.2. The van der Waals surface area contributed by atoms with Crippen LogP contribution in [0, 0.1) is 12.8 Å². The Morgan fingerprint density at radius 3 is 3.04 bits per heavy atom. The number of carbonyl (C=O) groups is 2. The molecule has 0 aromatic carbocycles. The summed E-state index contributed by atoms with van der Waals surface area (Å²) in [7, 11) is 0. The van der Waals surface area contributed by atoms with Crippen molar-refractivity contribution in [1.82, 2.24) is 14.5 Å². The second-order valence-electron chi connectivity index (χ2n) is 6.81. The highest BCUT2D eigenvalue weighted by atomic mass is 32.2. The molecule has 4 rings (SSSR count). The van der Waals surface area contributed by atoms with Crippen LogP contribution in [0.2, 0.25) is 0 Å². The van der Waals surface area contributed by atoms with E-state index in [4.69, 9.17) is 4.74 Å². The molecule has 1 N–H and O–H groups in total. The number of hydrogen-bond acceptors (Lipinski definition) is 8. The van der Waals surface area contributed by atoms with Crippen LogP contribution in [0.1, 0.15) is 35.4 Å². The lowest BCUT2D eigenvalue weighted by Crippen LogP contribution is -2.37. The van der Waals surface area contributed by atoms with E-state index in [2.05, 4.69) is 15.3 Å². The first-order valence-corrected chi connectivity index (χ1v) is 10.9. The van der Waals surface area contributed by atoms with E-state index in [1.54, 1.807) is 24.6 Å². The Hall–Kier alpha value is -2.20. The molecule has 2 aromatic heterocycles. The van der Waals surface area contributed by atoms with Crippen LogP contribution in [0.25, 0.3) is 0 Å². The number of fused-ring (bicyclic) bond motifs is 2. The Morgan fingerprint density at radius 1 is 1.43 bits per heavy atom. The Morgan fingerprint density at radius 2 is 2.25 bits per heavy atom. The molecule has 1 aliphatic heterocycles. The molecule has 2 aromatic rings. The van der Waals surface area contributed by atoms with Gasteiger partial charge in [0, 0.05) is 28.9 Å². The summed E-state index contributed by atoms with van der Waals surface area (Å²) in [6.07, 6.45) is 3.03. The molecule has 8 nitrogen and oxygen atoms in total. The molecular weight excluding hydrogens is 400 g/mol. The molecule has 1 amide bonds. The molecule has 2 aliphatic rings. The van der Waals surface area contributed by atoms with Crippen molar-refractivity contribution in [1.29, 1.82) is 0 Å².